The van der Waals surface area contributed by atoms with Gasteiger partial charge in [0, 0.05) is 5.92 Å². The minimum atomic E-state index is -1.89. The monoisotopic (exact) mass is 262 g/mol. The molecule has 98 valence electrons. The first-order valence-electron chi connectivity index (χ1n) is 5.46. The zero-order valence-corrected chi connectivity index (χ0v) is 9.22. The number of aliphatic carboxylic acids is 1. The highest BCUT2D eigenvalue weighted by atomic mass is 19.2. The Morgan fingerprint density at radius 3 is 2.33 bits per heavy atom. The molecule has 0 aliphatic heterocycles. The van der Waals surface area contributed by atoms with E-state index in [0.29, 0.717) is 18.9 Å². The van der Waals surface area contributed by atoms with Gasteiger partial charge in [0.1, 0.15) is 0 Å². The fourth-order valence-corrected chi connectivity index (χ4v) is 2.08. The Balaban J connectivity index is 2.44. The highest BCUT2D eigenvalue weighted by molar-refractivity contribution is 5.68. The lowest BCUT2D eigenvalue weighted by Crippen LogP contribution is -2.12. The number of hydrogen-bond donors (Lipinski definition) is 1. The minimum Gasteiger partial charge on any atom is -0.481 e. The number of rotatable bonds is 4. The molecule has 0 spiro atoms. The van der Waals surface area contributed by atoms with Gasteiger partial charge < -0.3 is 5.11 Å². The van der Waals surface area contributed by atoms with E-state index < -0.39 is 47.1 Å². The number of carbonyl (C=O) groups is 1. The molecule has 1 aromatic rings. The molecule has 0 amide bonds. The van der Waals surface area contributed by atoms with Crippen LogP contribution in [-0.4, -0.2) is 11.1 Å². The molecule has 0 heterocycles. The number of benzene rings is 1. The lowest BCUT2D eigenvalue weighted by atomic mass is 9.90. The fraction of sp³-hybridized carbons (Fsp3) is 0.417. The molecular weight excluding hydrogens is 252 g/mol. The number of carboxylic acids is 1. The molecule has 6 heteroatoms. The highest BCUT2D eigenvalue weighted by Gasteiger charge is 2.37. The van der Waals surface area contributed by atoms with Crippen molar-refractivity contribution in [3.05, 3.63) is 34.9 Å². The summed E-state index contributed by atoms with van der Waals surface area (Å²) in [4.78, 5) is 10.7. The first-order valence-corrected chi connectivity index (χ1v) is 5.46. The van der Waals surface area contributed by atoms with E-state index in [1.165, 1.54) is 0 Å². The SMILES string of the molecule is O=C(O)CC(c1cc(F)c(F)c(F)c1F)C1CC1. The van der Waals surface area contributed by atoms with Gasteiger partial charge in [0.15, 0.2) is 23.3 Å². The lowest BCUT2D eigenvalue weighted by Gasteiger charge is -2.16. The van der Waals surface area contributed by atoms with E-state index in [1.54, 1.807) is 0 Å². The summed E-state index contributed by atoms with van der Waals surface area (Å²) >= 11 is 0. The van der Waals surface area contributed by atoms with Crippen LogP contribution in [0.25, 0.3) is 0 Å². The molecule has 1 saturated carbocycles. The Bertz CT molecular complexity index is 497. The largest absolute Gasteiger partial charge is 0.481 e. The van der Waals surface area contributed by atoms with E-state index >= 15 is 0 Å². The highest BCUT2D eigenvalue weighted by Crippen LogP contribution is 2.45. The predicted octanol–water partition coefficient (Wildman–Crippen LogP) is 3.21. The maximum Gasteiger partial charge on any atom is 0.303 e. The summed E-state index contributed by atoms with van der Waals surface area (Å²) in [5.74, 6) is -8.86. The smallest absolute Gasteiger partial charge is 0.303 e. The molecule has 1 aliphatic carbocycles. The van der Waals surface area contributed by atoms with E-state index in [4.69, 9.17) is 5.11 Å². The molecule has 1 atom stereocenters. The Morgan fingerprint density at radius 1 is 1.22 bits per heavy atom. The first kappa shape index (κ1) is 12.9. The van der Waals surface area contributed by atoms with Gasteiger partial charge in [-0.2, -0.15) is 0 Å². The van der Waals surface area contributed by atoms with Gasteiger partial charge in [0.2, 0.25) is 0 Å². The minimum absolute atomic E-state index is 0.111. The molecule has 2 nitrogen and oxygen atoms in total. The summed E-state index contributed by atoms with van der Waals surface area (Å²) < 4.78 is 52.5. The predicted molar refractivity (Wildman–Crippen MR) is 54.0 cm³/mol. The van der Waals surface area contributed by atoms with Gasteiger partial charge in [-0.25, -0.2) is 17.6 Å². The van der Waals surface area contributed by atoms with Gasteiger partial charge in [-0.1, -0.05) is 0 Å². The quantitative estimate of drug-likeness (QED) is 0.514. The molecule has 0 saturated heterocycles. The average molecular weight is 262 g/mol. The summed E-state index contributed by atoms with van der Waals surface area (Å²) in [6.07, 6.45) is 0.933. The average Bonchev–Trinajstić information content (AvgIpc) is 3.12. The Morgan fingerprint density at radius 2 is 1.83 bits per heavy atom. The zero-order chi connectivity index (χ0) is 13.4. The van der Waals surface area contributed by atoms with Crippen LogP contribution in [0.3, 0.4) is 0 Å². The molecule has 1 N–H and O–H groups in total. The van der Waals surface area contributed by atoms with Crippen LogP contribution in [0.15, 0.2) is 6.07 Å². The lowest BCUT2D eigenvalue weighted by molar-refractivity contribution is -0.137. The molecular formula is C12H10F4O2. The van der Waals surface area contributed by atoms with E-state index in [9.17, 15) is 22.4 Å². The number of halogens is 4. The van der Waals surface area contributed by atoms with Crippen LogP contribution in [0.4, 0.5) is 17.6 Å². The van der Waals surface area contributed by atoms with Crippen LogP contribution < -0.4 is 0 Å². The van der Waals surface area contributed by atoms with Crippen molar-refractivity contribution in [2.75, 3.05) is 0 Å². The summed E-state index contributed by atoms with van der Waals surface area (Å²) in [5, 5.41) is 8.72. The molecule has 1 unspecified atom stereocenters. The van der Waals surface area contributed by atoms with E-state index in [1.807, 2.05) is 0 Å². The summed E-state index contributed by atoms with van der Waals surface area (Å²) in [6, 6.07) is 0.555. The third-order valence-electron chi connectivity index (χ3n) is 3.12. The molecule has 2 rings (SSSR count). The standard InChI is InChI=1S/C12H10F4O2/c13-8-3-7(10(14)12(16)11(8)15)6(4-9(17)18)5-1-2-5/h3,5-6H,1-2,4H2,(H,17,18). The maximum absolute atomic E-state index is 13.6. The van der Waals surface area contributed by atoms with E-state index in [0.717, 1.165) is 0 Å². The van der Waals surface area contributed by atoms with Crippen molar-refractivity contribution in [2.45, 2.75) is 25.2 Å². The van der Waals surface area contributed by atoms with Crippen LogP contribution in [0, 0.1) is 29.2 Å². The second-order valence-electron chi connectivity index (χ2n) is 4.43. The van der Waals surface area contributed by atoms with Gasteiger partial charge in [-0.3, -0.25) is 4.79 Å². The summed E-state index contributed by atoms with van der Waals surface area (Å²) in [5.41, 5.74) is -0.392. The van der Waals surface area contributed by atoms with Crippen molar-refractivity contribution in [2.24, 2.45) is 5.92 Å². The van der Waals surface area contributed by atoms with Crippen molar-refractivity contribution in [1.82, 2.24) is 0 Å². The van der Waals surface area contributed by atoms with Gasteiger partial charge in [0.05, 0.1) is 6.42 Å². The van der Waals surface area contributed by atoms with Crippen molar-refractivity contribution in [3.8, 4) is 0 Å². The molecule has 0 aromatic heterocycles. The number of hydrogen-bond acceptors (Lipinski definition) is 1. The Hall–Kier alpha value is -1.59. The summed E-state index contributed by atoms with van der Waals surface area (Å²) in [6.45, 7) is 0. The van der Waals surface area contributed by atoms with Gasteiger partial charge in [0.25, 0.3) is 0 Å². The van der Waals surface area contributed by atoms with Crippen LogP contribution in [0.1, 0.15) is 30.7 Å². The van der Waals surface area contributed by atoms with E-state index in [2.05, 4.69) is 0 Å². The first-order chi connectivity index (χ1) is 8.41. The molecule has 0 bridgehead atoms. The molecule has 1 fully saturated rings. The van der Waals surface area contributed by atoms with Gasteiger partial charge >= 0.3 is 5.97 Å². The van der Waals surface area contributed by atoms with E-state index in [-0.39, 0.29) is 5.92 Å². The van der Waals surface area contributed by atoms with Gasteiger partial charge in [-0.05, 0) is 30.4 Å². The third kappa shape index (κ3) is 2.32. The van der Waals surface area contributed by atoms with Crippen molar-refractivity contribution in [1.29, 1.82) is 0 Å². The molecule has 1 aromatic carbocycles. The van der Waals surface area contributed by atoms with Crippen molar-refractivity contribution < 1.29 is 27.5 Å². The van der Waals surface area contributed by atoms with Crippen molar-refractivity contribution in [3.63, 3.8) is 0 Å². The normalized spacial score (nSPS) is 16.7. The molecule has 0 radical (unpaired) electrons. The van der Waals surface area contributed by atoms with Crippen LogP contribution >= 0.6 is 0 Å². The van der Waals surface area contributed by atoms with Crippen molar-refractivity contribution >= 4 is 5.97 Å². The van der Waals surface area contributed by atoms with Gasteiger partial charge in [-0.15, -0.1) is 0 Å². The second-order valence-corrected chi connectivity index (χ2v) is 4.43. The fourth-order valence-electron chi connectivity index (χ4n) is 2.08. The Labute approximate surface area is 100 Å². The maximum atomic E-state index is 13.6. The number of carboxylic acid groups (broad SMARTS) is 1. The molecule has 18 heavy (non-hydrogen) atoms. The Kier molecular flexibility index (Phi) is 3.28. The van der Waals surface area contributed by atoms with Crippen LogP contribution in [-0.2, 0) is 4.79 Å². The zero-order valence-electron chi connectivity index (χ0n) is 9.22. The summed E-state index contributed by atoms with van der Waals surface area (Å²) in [7, 11) is 0. The van der Waals surface area contributed by atoms with Crippen LogP contribution in [0.2, 0.25) is 0 Å². The second kappa shape index (κ2) is 4.59. The molecule has 1 aliphatic rings. The third-order valence-corrected chi connectivity index (χ3v) is 3.12. The van der Waals surface area contributed by atoms with Crippen LogP contribution in [0.5, 0.6) is 0 Å². The topological polar surface area (TPSA) is 37.3 Å².